The molecule has 0 spiro atoms. The van der Waals surface area contributed by atoms with Crippen LogP contribution in [0.25, 0.3) is 0 Å². The van der Waals surface area contributed by atoms with E-state index in [1.54, 1.807) is 41.3 Å². The van der Waals surface area contributed by atoms with E-state index < -0.39 is 0 Å². The summed E-state index contributed by atoms with van der Waals surface area (Å²) >= 11 is 0. The number of hydrogen-bond donors (Lipinski definition) is 1. The Balaban J connectivity index is 1.91. The van der Waals surface area contributed by atoms with Crippen molar-refractivity contribution in [3.8, 4) is 17.6 Å². The first-order valence-electron chi connectivity index (χ1n) is 6.80. The smallest absolute Gasteiger partial charge is 0.256 e. The fraction of sp³-hybridized carbons (Fsp3) is 0.176. The molecule has 1 N–H and O–H groups in total. The van der Waals surface area contributed by atoms with Gasteiger partial charge in [0.05, 0.1) is 18.2 Å². The van der Waals surface area contributed by atoms with E-state index in [-0.39, 0.29) is 11.7 Å². The van der Waals surface area contributed by atoms with Crippen molar-refractivity contribution in [3.63, 3.8) is 0 Å². The number of phenolic OH excluding ortho intramolecular Hbond substituents is 1. The average Bonchev–Trinajstić information content (AvgIpc) is 2.85. The van der Waals surface area contributed by atoms with Crippen molar-refractivity contribution in [2.45, 2.75) is 13.1 Å². The highest BCUT2D eigenvalue weighted by Gasteiger charge is 2.30. The van der Waals surface area contributed by atoms with Crippen LogP contribution in [0, 0.1) is 11.3 Å². The van der Waals surface area contributed by atoms with E-state index in [9.17, 15) is 15.2 Å². The number of methoxy groups -OCH3 is 1. The number of fused-ring (bicyclic) bond motifs is 1. The van der Waals surface area contributed by atoms with Gasteiger partial charge in [-0.05, 0) is 35.4 Å². The number of nitriles is 1. The first kappa shape index (κ1) is 14.0. The van der Waals surface area contributed by atoms with Gasteiger partial charge in [-0.2, -0.15) is 5.26 Å². The molecule has 0 unspecified atom stereocenters. The van der Waals surface area contributed by atoms with Crippen molar-refractivity contribution in [1.29, 1.82) is 5.26 Å². The van der Waals surface area contributed by atoms with Crippen LogP contribution in [0.3, 0.4) is 0 Å². The van der Waals surface area contributed by atoms with E-state index >= 15 is 0 Å². The maximum Gasteiger partial charge on any atom is 0.256 e. The lowest BCUT2D eigenvalue weighted by molar-refractivity contribution is 0.0766. The number of rotatable bonds is 3. The molecule has 1 aliphatic heterocycles. The van der Waals surface area contributed by atoms with Crippen LogP contribution in [0.4, 0.5) is 0 Å². The lowest BCUT2D eigenvalue weighted by Crippen LogP contribution is -2.23. The predicted octanol–water partition coefficient (Wildman–Crippen LogP) is 2.43. The molecule has 0 saturated carbocycles. The first-order chi connectivity index (χ1) is 10.6. The number of ether oxygens (including phenoxy) is 1. The predicted molar refractivity (Wildman–Crippen MR) is 79.4 cm³/mol. The molecule has 2 aromatic carbocycles. The van der Waals surface area contributed by atoms with Gasteiger partial charge in [0.2, 0.25) is 0 Å². The van der Waals surface area contributed by atoms with E-state index in [1.165, 1.54) is 7.11 Å². The van der Waals surface area contributed by atoms with Gasteiger partial charge in [-0.1, -0.05) is 12.1 Å². The number of aromatic hydroxyl groups is 1. The van der Waals surface area contributed by atoms with E-state index in [2.05, 4.69) is 6.07 Å². The molecule has 22 heavy (non-hydrogen) atoms. The van der Waals surface area contributed by atoms with Gasteiger partial charge in [0.25, 0.3) is 5.91 Å². The fourth-order valence-electron chi connectivity index (χ4n) is 2.64. The van der Waals surface area contributed by atoms with Gasteiger partial charge in [0, 0.05) is 13.1 Å². The van der Waals surface area contributed by atoms with Crippen molar-refractivity contribution in [2.75, 3.05) is 7.11 Å². The molecule has 110 valence electrons. The van der Waals surface area contributed by atoms with Crippen LogP contribution in [0.5, 0.6) is 11.5 Å². The molecule has 1 heterocycles. The molecular formula is C17H14N2O3. The minimum atomic E-state index is -0.151. The van der Waals surface area contributed by atoms with Crippen LogP contribution in [0.1, 0.15) is 27.0 Å². The SMILES string of the molecule is COc1cc(C#N)c2c(c1)CN(Cc1ccc(O)cc1)C2=O. The van der Waals surface area contributed by atoms with Crippen molar-refractivity contribution >= 4 is 5.91 Å². The summed E-state index contributed by atoms with van der Waals surface area (Å²) in [5, 5.41) is 18.5. The Labute approximate surface area is 128 Å². The van der Waals surface area contributed by atoms with Crippen LogP contribution in [-0.4, -0.2) is 23.0 Å². The van der Waals surface area contributed by atoms with Crippen LogP contribution in [0.2, 0.25) is 0 Å². The largest absolute Gasteiger partial charge is 0.508 e. The number of phenols is 1. The van der Waals surface area contributed by atoms with Crippen LogP contribution >= 0.6 is 0 Å². The van der Waals surface area contributed by atoms with E-state index in [1.807, 2.05) is 0 Å². The molecule has 1 amide bonds. The minimum Gasteiger partial charge on any atom is -0.508 e. The number of carbonyl (C=O) groups excluding carboxylic acids is 1. The molecule has 1 aliphatic rings. The van der Waals surface area contributed by atoms with Gasteiger partial charge < -0.3 is 14.7 Å². The average molecular weight is 294 g/mol. The molecule has 0 aromatic heterocycles. The van der Waals surface area contributed by atoms with Crippen LogP contribution in [-0.2, 0) is 13.1 Å². The molecule has 5 nitrogen and oxygen atoms in total. The Morgan fingerprint density at radius 2 is 2.05 bits per heavy atom. The molecule has 0 atom stereocenters. The van der Waals surface area contributed by atoms with Gasteiger partial charge >= 0.3 is 0 Å². The summed E-state index contributed by atoms with van der Waals surface area (Å²) in [7, 11) is 1.54. The topological polar surface area (TPSA) is 73.6 Å². The third-order valence-corrected chi connectivity index (χ3v) is 3.72. The Hall–Kier alpha value is -3.00. The minimum absolute atomic E-state index is 0.151. The molecule has 0 saturated heterocycles. The summed E-state index contributed by atoms with van der Waals surface area (Å²) in [4.78, 5) is 14.2. The number of nitrogens with zero attached hydrogens (tertiary/aromatic N) is 2. The maximum atomic E-state index is 12.5. The van der Waals surface area contributed by atoms with Crippen molar-refractivity contribution in [3.05, 3.63) is 58.7 Å². The zero-order valence-electron chi connectivity index (χ0n) is 12.0. The molecule has 0 radical (unpaired) electrons. The zero-order chi connectivity index (χ0) is 15.7. The second-order valence-corrected chi connectivity index (χ2v) is 5.15. The number of carbonyl (C=O) groups is 1. The lowest BCUT2D eigenvalue weighted by Gasteiger charge is -2.15. The second-order valence-electron chi connectivity index (χ2n) is 5.15. The highest BCUT2D eigenvalue weighted by Crippen LogP contribution is 2.31. The molecule has 2 aromatic rings. The number of amides is 1. The van der Waals surface area contributed by atoms with Crippen molar-refractivity contribution in [2.24, 2.45) is 0 Å². The summed E-state index contributed by atoms with van der Waals surface area (Å²) in [5.74, 6) is 0.619. The van der Waals surface area contributed by atoms with Gasteiger partial charge in [-0.25, -0.2) is 0 Å². The van der Waals surface area contributed by atoms with E-state index in [4.69, 9.17) is 4.74 Å². The number of hydrogen-bond acceptors (Lipinski definition) is 4. The molecule has 5 heteroatoms. The second kappa shape index (κ2) is 5.41. The quantitative estimate of drug-likeness (QED) is 0.943. The van der Waals surface area contributed by atoms with Gasteiger partial charge in [-0.3, -0.25) is 4.79 Å². The van der Waals surface area contributed by atoms with E-state index in [0.29, 0.717) is 30.0 Å². The molecule has 3 rings (SSSR count). The van der Waals surface area contributed by atoms with Crippen molar-refractivity contribution < 1.29 is 14.6 Å². The van der Waals surface area contributed by atoms with Gasteiger partial charge in [0.15, 0.2) is 0 Å². The van der Waals surface area contributed by atoms with Crippen LogP contribution < -0.4 is 4.74 Å². The summed E-state index contributed by atoms with van der Waals surface area (Å²) in [5.41, 5.74) is 2.53. The third-order valence-electron chi connectivity index (χ3n) is 3.72. The Kier molecular flexibility index (Phi) is 3.43. The third kappa shape index (κ3) is 2.35. The van der Waals surface area contributed by atoms with Gasteiger partial charge in [0.1, 0.15) is 17.6 Å². The standard InChI is InChI=1S/C17H14N2O3/c1-22-15-6-12(8-18)16-13(7-15)10-19(17(16)21)9-11-2-4-14(20)5-3-11/h2-7,20H,9-10H2,1H3. The monoisotopic (exact) mass is 294 g/mol. The molecular weight excluding hydrogens is 280 g/mol. The van der Waals surface area contributed by atoms with Crippen molar-refractivity contribution in [1.82, 2.24) is 4.90 Å². The number of benzene rings is 2. The highest BCUT2D eigenvalue weighted by atomic mass is 16.5. The summed E-state index contributed by atoms with van der Waals surface area (Å²) in [6.45, 7) is 0.877. The lowest BCUT2D eigenvalue weighted by atomic mass is 10.0. The Bertz CT molecular complexity index is 776. The summed E-state index contributed by atoms with van der Waals surface area (Å²) in [6.07, 6.45) is 0. The highest BCUT2D eigenvalue weighted by molar-refractivity contribution is 6.00. The first-order valence-corrected chi connectivity index (χ1v) is 6.80. The van der Waals surface area contributed by atoms with Gasteiger partial charge in [-0.15, -0.1) is 0 Å². The fourth-order valence-corrected chi connectivity index (χ4v) is 2.64. The normalized spacial score (nSPS) is 12.9. The van der Waals surface area contributed by atoms with E-state index in [0.717, 1.165) is 11.1 Å². The van der Waals surface area contributed by atoms with Crippen LogP contribution in [0.15, 0.2) is 36.4 Å². The summed E-state index contributed by atoms with van der Waals surface area (Å²) in [6, 6.07) is 12.2. The molecule has 0 bridgehead atoms. The Morgan fingerprint density at radius 3 is 2.68 bits per heavy atom. The maximum absolute atomic E-state index is 12.5. The zero-order valence-corrected chi connectivity index (χ0v) is 12.0. The molecule has 0 fully saturated rings. The summed E-state index contributed by atoms with van der Waals surface area (Å²) < 4.78 is 5.18. The molecule has 0 aliphatic carbocycles. The Morgan fingerprint density at radius 1 is 1.32 bits per heavy atom.